The van der Waals surface area contributed by atoms with Gasteiger partial charge in [-0.25, -0.2) is 4.79 Å². The van der Waals surface area contributed by atoms with Gasteiger partial charge in [0.05, 0.1) is 18.3 Å². The molecule has 2 heterocycles. The molecule has 0 aliphatic carbocycles. The van der Waals surface area contributed by atoms with Crippen molar-refractivity contribution in [1.29, 1.82) is 0 Å². The van der Waals surface area contributed by atoms with Crippen molar-refractivity contribution in [3.63, 3.8) is 0 Å². The number of hydrogen-bond donors (Lipinski definition) is 2. The second-order valence-corrected chi connectivity index (χ2v) is 7.15. The number of thioether (sulfide) groups is 1. The van der Waals surface area contributed by atoms with Crippen molar-refractivity contribution in [3.05, 3.63) is 47.8 Å². The monoisotopic (exact) mass is 346 g/mol. The first-order valence-corrected chi connectivity index (χ1v) is 9.12. The third kappa shape index (κ3) is 3.67. The molecule has 1 aliphatic rings. The summed E-state index contributed by atoms with van der Waals surface area (Å²) in [7, 11) is 1.88. The number of aryl methyl sites for hydroxylation is 1. The van der Waals surface area contributed by atoms with Crippen LogP contribution in [0.25, 0.3) is 0 Å². The first-order valence-electron chi connectivity index (χ1n) is 7.97. The number of nitrogens with zero attached hydrogens (tertiary/aromatic N) is 3. The maximum atomic E-state index is 12.8. The molecule has 6 nitrogen and oxygen atoms in total. The molecular weight excluding hydrogens is 324 g/mol. The van der Waals surface area contributed by atoms with E-state index in [1.54, 1.807) is 22.9 Å². The number of benzene rings is 1. The van der Waals surface area contributed by atoms with Crippen molar-refractivity contribution < 1.29 is 9.90 Å². The van der Waals surface area contributed by atoms with Gasteiger partial charge in [0.2, 0.25) is 0 Å². The predicted octanol–water partition coefficient (Wildman–Crippen LogP) is 2.69. The topological polar surface area (TPSA) is 70.4 Å². The summed E-state index contributed by atoms with van der Waals surface area (Å²) < 4.78 is 1.76. The number of hydrogen-bond acceptors (Lipinski definition) is 4. The summed E-state index contributed by atoms with van der Waals surface area (Å²) in [5.41, 5.74) is 1.94. The zero-order valence-electron chi connectivity index (χ0n) is 13.8. The van der Waals surface area contributed by atoms with Gasteiger partial charge >= 0.3 is 6.03 Å². The van der Waals surface area contributed by atoms with Crippen LogP contribution < -0.4 is 5.32 Å². The number of amides is 2. The molecule has 1 aliphatic heterocycles. The van der Waals surface area contributed by atoms with Gasteiger partial charge in [-0.05, 0) is 24.6 Å². The summed E-state index contributed by atoms with van der Waals surface area (Å²) in [5.74, 6) is 2.01. The minimum atomic E-state index is -0.172. The van der Waals surface area contributed by atoms with Crippen LogP contribution in [0.3, 0.4) is 0 Å². The largest absolute Gasteiger partial charge is 0.508 e. The number of carbonyl (C=O) groups is 1. The lowest BCUT2D eigenvalue weighted by molar-refractivity contribution is 0.179. The van der Waals surface area contributed by atoms with Crippen LogP contribution in [-0.4, -0.2) is 43.9 Å². The van der Waals surface area contributed by atoms with Crippen LogP contribution in [0.1, 0.15) is 30.1 Å². The lowest BCUT2D eigenvalue weighted by atomic mass is 10.1. The zero-order valence-corrected chi connectivity index (χ0v) is 14.7. The highest BCUT2D eigenvalue weighted by atomic mass is 32.2. The molecule has 1 aromatic heterocycles. The maximum Gasteiger partial charge on any atom is 0.318 e. The molecule has 2 aromatic rings. The van der Waals surface area contributed by atoms with E-state index in [0.29, 0.717) is 6.54 Å². The fraction of sp³-hybridized carbons (Fsp3) is 0.412. The van der Waals surface area contributed by atoms with Gasteiger partial charge in [-0.2, -0.15) is 16.9 Å². The number of carbonyl (C=O) groups excluding carboxylic acids is 1. The summed E-state index contributed by atoms with van der Waals surface area (Å²) in [4.78, 5) is 14.7. The zero-order chi connectivity index (χ0) is 17.1. The van der Waals surface area contributed by atoms with Crippen molar-refractivity contribution in [3.8, 4) is 5.75 Å². The summed E-state index contributed by atoms with van der Waals surface area (Å²) in [6, 6.07) is 6.76. The van der Waals surface area contributed by atoms with E-state index in [9.17, 15) is 9.90 Å². The summed E-state index contributed by atoms with van der Waals surface area (Å²) in [5, 5.41) is 16.9. The van der Waals surface area contributed by atoms with E-state index in [1.807, 2.05) is 49.1 Å². The van der Waals surface area contributed by atoms with Gasteiger partial charge in [-0.15, -0.1) is 0 Å². The molecule has 128 valence electrons. The second kappa shape index (κ2) is 7.17. The highest BCUT2D eigenvalue weighted by Gasteiger charge is 2.30. The first kappa shape index (κ1) is 16.7. The molecule has 1 saturated heterocycles. The quantitative estimate of drug-likeness (QED) is 0.896. The fourth-order valence-electron chi connectivity index (χ4n) is 2.88. The average Bonchev–Trinajstić information content (AvgIpc) is 3.01. The van der Waals surface area contributed by atoms with Crippen molar-refractivity contribution in [2.45, 2.75) is 19.0 Å². The van der Waals surface area contributed by atoms with E-state index in [1.165, 1.54) is 0 Å². The van der Waals surface area contributed by atoms with Crippen LogP contribution >= 0.6 is 11.8 Å². The Morgan fingerprint density at radius 1 is 1.50 bits per heavy atom. The number of nitrogens with one attached hydrogen (secondary N) is 1. The van der Waals surface area contributed by atoms with Gasteiger partial charge in [0.15, 0.2) is 0 Å². The van der Waals surface area contributed by atoms with Crippen molar-refractivity contribution in [2.24, 2.45) is 7.05 Å². The highest BCUT2D eigenvalue weighted by molar-refractivity contribution is 7.99. The Morgan fingerprint density at radius 3 is 3.04 bits per heavy atom. The van der Waals surface area contributed by atoms with Gasteiger partial charge in [0, 0.05) is 36.9 Å². The molecule has 0 saturated carbocycles. The molecule has 3 rings (SSSR count). The van der Waals surface area contributed by atoms with E-state index in [-0.39, 0.29) is 23.9 Å². The van der Waals surface area contributed by atoms with Gasteiger partial charge < -0.3 is 15.3 Å². The average molecular weight is 346 g/mol. The molecule has 0 spiro atoms. The Balaban J connectivity index is 1.72. The molecule has 0 unspecified atom stereocenters. The number of phenols is 1. The van der Waals surface area contributed by atoms with Crippen LogP contribution in [0.5, 0.6) is 5.75 Å². The molecule has 24 heavy (non-hydrogen) atoms. The Morgan fingerprint density at radius 2 is 2.33 bits per heavy atom. The van der Waals surface area contributed by atoms with Crippen molar-refractivity contribution >= 4 is 17.8 Å². The first-order chi connectivity index (χ1) is 11.5. The van der Waals surface area contributed by atoms with Gasteiger partial charge in [-0.3, -0.25) is 4.68 Å². The van der Waals surface area contributed by atoms with Gasteiger partial charge in [0.25, 0.3) is 0 Å². The van der Waals surface area contributed by atoms with Crippen LogP contribution in [0.4, 0.5) is 4.79 Å². The Labute approximate surface area is 145 Å². The summed E-state index contributed by atoms with van der Waals surface area (Å²) >= 11 is 1.85. The highest BCUT2D eigenvalue weighted by Crippen LogP contribution is 2.29. The molecule has 2 atom stereocenters. The standard InChI is InChI=1S/C17H22N4O2S/c1-12(13-4-3-5-15(22)8-13)19-17(23)21-6-7-24-11-16(21)14-9-18-20(2)10-14/h3-5,8-10,12,16,22H,6-7,11H2,1-2H3,(H,19,23)/t12-,16-/m1/s1. The molecule has 1 fully saturated rings. The lowest BCUT2D eigenvalue weighted by Gasteiger charge is -2.35. The van der Waals surface area contributed by atoms with E-state index >= 15 is 0 Å². The van der Waals surface area contributed by atoms with Crippen LogP contribution in [0, 0.1) is 0 Å². The molecule has 0 bridgehead atoms. The third-order valence-corrected chi connectivity index (χ3v) is 5.23. The predicted molar refractivity (Wildman–Crippen MR) is 95.0 cm³/mol. The fourth-order valence-corrected chi connectivity index (χ4v) is 3.97. The minimum Gasteiger partial charge on any atom is -0.508 e. The number of aromatic nitrogens is 2. The molecule has 2 N–H and O–H groups in total. The smallest absolute Gasteiger partial charge is 0.318 e. The normalized spacial score (nSPS) is 19.1. The number of urea groups is 1. The van der Waals surface area contributed by atoms with E-state index in [2.05, 4.69) is 10.4 Å². The number of phenolic OH excluding ortho intramolecular Hbond substituents is 1. The molecule has 7 heteroatoms. The van der Waals surface area contributed by atoms with Crippen molar-refractivity contribution in [2.75, 3.05) is 18.1 Å². The maximum absolute atomic E-state index is 12.8. The third-order valence-electron chi connectivity index (χ3n) is 4.21. The number of rotatable bonds is 3. The van der Waals surface area contributed by atoms with Crippen LogP contribution in [-0.2, 0) is 7.05 Å². The van der Waals surface area contributed by atoms with E-state index in [4.69, 9.17) is 0 Å². The minimum absolute atomic E-state index is 0.0360. The summed E-state index contributed by atoms with van der Waals surface area (Å²) in [6.45, 7) is 2.63. The van der Waals surface area contributed by atoms with E-state index < -0.39 is 0 Å². The molecular formula is C17H22N4O2S. The SMILES string of the molecule is C[C@@H](NC(=O)N1CCSC[C@@H]1c1cnn(C)c1)c1cccc(O)c1. The Bertz CT molecular complexity index is 718. The Kier molecular flexibility index (Phi) is 4.99. The van der Waals surface area contributed by atoms with Crippen LogP contribution in [0.2, 0.25) is 0 Å². The van der Waals surface area contributed by atoms with Crippen LogP contribution in [0.15, 0.2) is 36.7 Å². The second-order valence-electron chi connectivity index (χ2n) is 6.00. The Hall–Kier alpha value is -2.15. The van der Waals surface area contributed by atoms with E-state index in [0.717, 1.165) is 22.6 Å². The lowest BCUT2D eigenvalue weighted by Crippen LogP contribution is -2.46. The summed E-state index contributed by atoms with van der Waals surface area (Å²) in [6.07, 6.45) is 3.80. The number of aromatic hydroxyl groups is 1. The molecule has 1 aromatic carbocycles. The van der Waals surface area contributed by atoms with Crippen molar-refractivity contribution in [1.82, 2.24) is 20.0 Å². The molecule has 0 radical (unpaired) electrons. The molecule has 2 amide bonds. The van der Waals surface area contributed by atoms with Gasteiger partial charge in [-0.1, -0.05) is 12.1 Å². The van der Waals surface area contributed by atoms with Gasteiger partial charge in [0.1, 0.15) is 5.75 Å².